The van der Waals surface area contributed by atoms with Crippen LogP contribution in [0.25, 0.3) is 0 Å². The van der Waals surface area contributed by atoms with E-state index in [1.807, 2.05) is 13.8 Å². The SMILES string of the molecule is CCCC(CC(O)COC(C)C)(C(=O)O)C(=O)OCC. The second-order valence-electron chi connectivity index (χ2n) is 5.10. The van der Waals surface area contributed by atoms with Crippen molar-refractivity contribution in [2.75, 3.05) is 13.2 Å². The summed E-state index contributed by atoms with van der Waals surface area (Å²) in [7, 11) is 0. The van der Waals surface area contributed by atoms with Gasteiger partial charge < -0.3 is 19.7 Å². The van der Waals surface area contributed by atoms with Crippen molar-refractivity contribution >= 4 is 11.9 Å². The standard InChI is InChI=1S/C14H26O6/c1-5-7-14(12(16)17,13(18)19-6-2)8-11(15)9-20-10(3)4/h10-11,15H,5-9H2,1-4H3,(H,16,17). The maximum absolute atomic E-state index is 12.0. The zero-order valence-electron chi connectivity index (χ0n) is 12.7. The maximum atomic E-state index is 12.0. The van der Waals surface area contributed by atoms with Gasteiger partial charge in [-0.2, -0.15) is 0 Å². The molecule has 0 amide bonds. The number of carbonyl (C=O) groups is 2. The number of hydrogen-bond acceptors (Lipinski definition) is 5. The number of carboxylic acid groups (broad SMARTS) is 1. The Bertz CT molecular complexity index is 315. The van der Waals surface area contributed by atoms with Crippen molar-refractivity contribution in [2.45, 2.75) is 59.2 Å². The molecule has 20 heavy (non-hydrogen) atoms. The summed E-state index contributed by atoms with van der Waals surface area (Å²) in [5.41, 5.74) is -1.70. The van der Waals surface area contributed by atoms with E-state index >= 15 is 0 Å². The van der Waals surface area contributed by atoms with Crippen molar-refractivity contribution in [2.24, 2.45) is 5.41 Å². The molecule has 0 saturated heterocycles. The molecule has 2 atom stereocenters. The third-order valence-corrected chi connectivity index (χ3v) is 2.96. The summed E-state index contributed by atoms with van der Waals surface area (Å²) in [6, 6.07) is 0. The van der Waals surface area contributed by atoms with Crippen LogP contribution in [0.3, 0.4) is 0 Å². The molecule has 0 radical (unpaired) electrons. The highest BCUT2D eigenvalue weighted by molar-refractivity contribution is 5.99. The molecule has 0 aromatic carbocycles. The topological polar surface area (TPSA) is 93.1 Å². The molecule has 2 N–H and O–H groups in total. The van der Waals surface area contributed by atoms with E-state index in [9.17, 15) is 19.8 Å². The molecule has 0 spiro atoms. The summed E-state index contributed by atoms with van der Waals surface area (Å²) < 4.78 is 10.1. The molecule has 0 aromatic heterocycles. The molecule has 0 rings (SSSR count). The van der Waals surface area contributed by atoms with E-state index in [1.165, 1.54) is 0 Å². The number of aliphatic hydroxyl groups excluding tert-OH is 1. The monoisotopic (exact) mass is 290 g/mol. The molecule has 0 aliphatic carbocycles. The number of ether oxygens (including phenoxy) is 2. The van der Waals surface area contributed by atoms with Gasteiger partial charge in [-0.25, -0.2) is 0 Å². The highest BCUT2D eigenvalue weighted by Crippen LogP contribution is 2.32. The van der Waals surface area contributed by atoms with E-state index < -0.39 is 23.5 Å². The van der Waals surface area contributed by atoms with E-state index in [-0.39, 0.29) is 32.2 Å². The zero-order chi connectivity index (χ0) is 15.8. The Morgan fingerprint density at radius 1 is 1.25 bits per heavy atom. The fourth-order valence-corrected chi connectivity index (χ4v) is 2.03. The minimum absolute atomic E-state index is 0.00415. The van der Waals surface area contributed by atoms with Crippen LogP contribution in [0.5, 0.6) is 0 Å². The van der Waals surface area contributed by atoms with E-state index in [2.05, 4.69) is 0 Å². The third-order valence-electron chi connectivity index (χ3n) is 2.96. The smallest absolute Gasteiger partial charge is 0.323 e. The molecule has 0 saturated carbocycles. The van der Waals surface area contributed by atoms with Crippen LogP contribution >= 0.6 is 0 Å². The summed E-state index contributed by atoms with van der Waals surface area (Å²) in [6.07, 6.45) is -0.674. The minimum atomic E-state index is -1.70. The van der Waals surface area contributed by atoms with Crippen LogP contribution in [0.4, 0.5) is 0 Å². The van der Waals surface area contributed by atoms with E-state index in [4.69, 9.17) is 9.47 Å². The van der Waals surface area contributed by atoms with Crippen LogP contribution < -0.4 is 0 Å². The molecule has 0 aliphatic rings. The van der Waals surface area contributed by atoms with Crippen molar-refractivity contribution in [3.63, 3.8) is 0 Å². The van der Waals surface area contributed by atoms with Crippen molar-refractivity contribution in [3.05, 3.63) is 0 Å². The molecule has 6 heteroatoms. The van der Waals surface area contributed by atoms with Gasteiger partial charge in [0, 0.05) is 6.42 Å². The van der Waals surface area contributed by atoms with Crippen molar-refractivity contribution < 1.29 is 29.3 Å². The quantitative estimate of drug-likeness (QED) is 0.469. The fourth-order valence-electron chi connectivity index (χ4n) is 2.03. The Hall–Kier alpha value is -1.14. The number of hydrogen-bond donors (Lipinski definition) is 2. The third kappa shape index (κ3) is 5.46. The van der Waals surface area contributed by atoms with Crippen LogP contribution in [-0.4, -0.2) is 47.6 Å². The zero-order valence-corrected chi connectivity index (χ0v) is 12.7. The Morgan fingerprint density at radius 3 is 2.25 bits per heavy atom. The molecule has 2 unspecified atom stereocenters. The first-order valence-corrected chi connectivity index (χ1v) is 7.00. The minimum Gasteiger partial charge on any atom is -0.480 e. The van der Waals surface area contributed by atoms with E-state index in [0.29, 0.717) is 6.42 Å². The Kier molecular flexibility index (Phi) is 8.41. The maximum Gasteiger partial charge on any atom is 0.323 e. The van der Waals surface area contributed by atoms with Gasteiger partial charge in [0.05, 0.1) is 25.4 Å². The molecule has 0 aliphatic heterocycles. The number of carboxylic acids is 1. The molecule has 0 heterocycles. The summed E-state index contributed by atoms with van der Waals surface area (Å²) in [5, 5.41) is 19.4. The Morgan fingerprint density at radius 2 is 1.85 bits per heavy atom. The number of aliphatic hydroxyl groups is 1. The lowest BCUT2D eigenvalue weighted by atomic mass is 9.78. The van der Waals surface area contributed by atoms with Gasteiger partial charge in [-0.05, 0) is 27.2 Å². The second kappa shape index (κ2) is 8.92. The summed E-state index contributed by atoms with van der Waals surface area (Å²) in [5.74, 6) is -2.06. The molecule has 6 nitrogen and oxygen atoms in total. The Labute approximate surface area is 120 Å². The average Bonchev–Trinajstić information content (AvgIpc) is 2.35. The number of aliphatic carboxylic acids is 1. The number of rotatable bonds is 10. The van der Waals surface area contributed by atoms with Gasteiger partial charge in [0.15, 0.2) is 5.41 Å². The van der Waals surface area contributed by atoms with Gasteiger partial charge >= 0.3 is 11.9 Å². The van der Waals surface area contributed by atoms with Crippen LogP contribution in [0, 0.1) is 5.41 Å². The van der Waals surface area contributed by atoms with Crippen LogP contribution in [0.15, 0.2) is 0 Å². The normalized spacial score (nSPS) is 15.7. The first-order valence-electron chi connectivity index (χ1n) is 7.00. The summed E-state index contributed by atoms with van der Waals surface area (Å²) >= 11 is 0. The van der Waals surface area contributed by atoms with Crippen molar-refractivity contribution in [1.29, 1.82) is 0 Å². The Balaban J connectivity index is 4.99. The highest BCUT2D eigenvalue weighted by Gasteiger charge is 2.48. The van der Waals surface area contributed by atoms with E-state index in [0.717, 1.165) is 0 Å². The highest BCUT2D eigenvalue weighted by atomic mass is 16.5. The molecular weight excluding hydrogens is 264 g/mol. The molecule has 118 valence electrons. The van der Waals surface area contributed by atoms with Crippen LogP contribution in [0.1, 0.15) is 47.0 Å². The fraction of sp³-hybridized carbons (Fsp3) is 0.857. The van der Waals surface area contributed by atoms with Gasteiger partial charge in [0.25, 0.3) is 0 Å². The lowest BCUT2D eigenvalue weighted by Gasteiger charge is -2.29. The molecule has 0 aromatic rings. The largest absolute Gasteiger partial charge is 0.480 e. The van der Waals surface area contributed by atoms with Crippen LogP contribution in [0.2, 0.25) is 0 Å². The molecular formula is C14H26O6. The predicted octanol–water partition coefficient (Wildman–Crippen LogP) is 1.60. The average molecular weight is 290 g/mol. The van der Waals surface area contributed by atoms with Gasteiger partial charge in [-0.1, -0.05) is 13.3 Å². The summed E-state index contributed by atoms with van der Waals surface area (Å²) in [6.45, 7) is 7.14. The van der Waals surface area contributed by atoms with Gasteiger partial charge in [0.2, 0.25) is 0 Å². The first-order chi connectivity index (χ1) is 9.30. The van der Waals surface area contributed by atoms with Crippen molar-refractivity contribution in [1.82, 2.24) is 0 Å². The molecule has 0 fully saturated rings. The summed E-state index contributed by atoms with van der Waals surface area (Å²) in [4.78, 5) is 23.6. The van der Waals surface area contributed by atoms with E-state index in [1.54, 1.807) is 13.8 Å². The predicted molar refractivity (Wildman–Crippen MR) is 73.3 cm³/mol. The lowest BCUT2D eigenvalue weighted by molar-refractivity contribution is -0.172. The van der Waals surface area contributed by atoms with Gasteiger partial charge in [-0.3, -0.25) is 9.59 Å². The molecule has 0 bridgehead atoms. The van der Waals surface area contributed by atoms with Gasteiger partial charge in [0.1, 0.15) is 0 Å². The number of esters is 1. The van der Waals surface area contributed by atoms with Crippen molar-refractivity contribution in [3.8, 4) is 0 Å². The first kappa shape index (κ1) is 18.9. The number of carbonyl (C=O) groups excluding carboxylic acids is 1. The lowest BCUT2D eigenvalue weighted by Crippen LogP contribution is -2.44. The second-order valence-corrected chi connectivity index (χ2v) is 5.10. The van der Waals surface area contributed by atoms with Crippen LogP contribution in [-0.2, 0) is 19.1 Å². The van der Waals surface area contributed by atoms with Gasteiger partial charge in [-0.15, -0.1) is 0 Å².